The number of amides is 1. The molecule has 2 aliphatic heterocycles. The van der Waals surface area contributed by atoms with E-state index in [0.717, 1.165) is 37.9 Å². The van der Waals surface area contributed by atoms with Crippen molar-refractivity contribution >= 4 is 6.09 Å². The van der Waals surface area contributed by atoms with E-state index in [1.165, 1.54) is 12.0 Å². The Labute approximate surface area is 106 Å². The van der Waals surface area contributed by atoms with Gasteiger partial charge in [-0.3, -0.25) is 4.90 Å². The molecule has 3 aliphatic rings. The van der Waals surface area contributed by atoms with Crippen LogP contribution < -0.4 is 0 Å². The number of hydrogen-bond acceptors (Lipinski definition) is 3. The molecule has 4 nitrogen and oxygen atoms in total. The molecule has 1 spiro atoms. The van der Waals surface area contributed by atoms with Crippen molar-refractivity contribution < 1.29 is 13.9 Å². The molecule has 0 unspecified atom stereocenters. The zero-order valence-corrected chi connectivity index (χ0v) is 10.4. The van der Waals surface area contributed by atoms with Crippen LogP contribution in [0.5, 0.6) is 0 Å². The van der Waals surface area contributed by atoms with Crippen molar-refractivity contribution in [3.05, 3.63) is 23.7 Å². The van der Waals surface area contributed by atoms with E-state index in [2.05, 4.69) is 6.07 Å². The zero-order valence-electron chi connectivity index (χ0n) is 10.4. The number of nitrogens with zero attached hydrogens (tertiary/aromatic N) is 1. The molecule has 2 saturated heterocycles. The van der Waals surface area contributed by atoms with Crippen molar-refractivity contribution in [3.63, 3.8) is 0 Å². The summed E-state index contributed by atoms with van der Waals surface area (Å²) in [6, 6.07) is 2.33. The molecule has 1 aromatic rings. The molecule has 96 valence electrons. The first-order chi connectivity index (χ1) is 8.81. The van der Waals surface area contributed by atoms with E-state index in [-0.39, 0.29) is 17.7 Å². The fraction of sp³-hybridized carbons (Fsp3) is 0.643. The Balaban J connectivity index is 1.85. The summed E-state index contributed by atoms with van der Waals surface area (Å²) in [5, 5.41) is 0. The Morgan fingerprint density at radius 2 is 2.22 bits per heavy atom. The second kappa shape index (κ2) is 3.53. The van der Waals surface area contributed by atoms with Crippen LogP contribution in [-0.4, -0.2) is 23.6 Å². The minimum atomic E-state index is -0.142. The molecule has 0 saturated carbocycles. The predicted molar refractivity (Wildman–Crippen MR) is 64.2 cm³/mol. The number of piperidine rings is 1. The Hall–Kier alpha value is -1.45. The van der Waals surface area contributed by atoms with Crippen molar-refractivity contribution in [2.75, 3.05) is 6.61 Å². The topological polar surface area (TPSA) is 42.7 Å². The van der Waals surface area contributed by atoms with Crippen LogP contribution in [0.1, 0.15) is 43.4 Å². The van der Waals surface area contributed by atoms with Crippen molar-refractivity contribution in [3.8, 4) is 0 Å². The van der Waals surface area contributed by atoms with Gasteiger partial charge in [-0.25, -0.2) is 4.79 Å². The Kier molecular flexibility index (Phi) is 2.05. The van der Waals surface area contributed by atoms with E-state index >= 15 is 0 Å². The van der Waals surface area contributed by atoms with Crippen molar-refractivity contribution in [1.29, 1.82) is 0 Å². The molecule has 4 rings (SSSR count). The maximum atomic E-state index is 12.1. The van der Waals surface area contributed by atoms with Gasteiger partial charge in [0.05, 0.1) is 17.8 Å². The van der Waals surface area contributed by atoms with E-state index in [0.29, 0.717) is 6.61 Å². The fourth-order valence-electron chi connectivity index (χ4n) is 4.08. The van der Waals surface area contributed by atoms with Crippen molar-refractivity contribution in [2.45, 2.75) is 50.1 Å². The van der Waals surface area contributed by atoms with Crippen LogP contribution in [0.2, 0.25) is 0 Å². The van der Waals surface area contributed by atoms with E-state index in [9.17, 15) is 4.79 Å². The van der Waals surface area contributed by atoms with Gasteiger partial charge in [0.25, 0.3) is 0 Å². The van der Waals surface area contributed by atoms with Crippen LogP contribution in [-0.2, 0) is 16.7 Å². The number of carbonyl (C=O) groups is 1. The smallest absolute Gasteiger partial charge is 0.410 e. The molecular weight excluding hydrogens is 230 g/mol. The first kappa shape index (κ1) is 10.5. The number of aryl methyl sites for hydroxylation is 1. The lowest BCUT2D eigenvalue weighted by Crippen LogP contribution is -2.54. The predicted octanol–water partition coefficient (Wildman–Crippen LogP) is 2.82. The highest BCUT2D eigenvalue weighted by atomic mass is 16.6. The van der Waals surface area contributed by atoms with Crippen LogP contribution in [0.4, 0.5) is 4.79 Å². The lowest BCUT2D eigenvalue weighted by atomic mass is 9.72. The second-order valence-electron chi connectivity index (χ2n) is 5.64. The van der Waals surface area contributed by atoms with Gasteiger partial charge in [-0.15, -0.1) is 0 Å². The molecule has 0 bridgehead atoms. The first-order valence-corrected chi connectivity index (χ1v) is 6.84. The lowest BCUT2D eigenvalue weighted by Gasteiger charge is -2.48. The van der Waals surface area contributed by atoms with Crippen molar-refractivity contribution in [2.24, 2.45) is 0 Å². The SMILES string of the molecule is O=C1OC[C@@H]2CCC[C@]3(CCCc4occc43)N12. The number of ether oxygens (including phenoxy) is 1. The fourth-order valence-corrected chi connectivity index (χ4v) is 4.08. The monoisotopic (exact) mass is 247 g/mol. The second-order valence-corrected chi connectivity index (χ2v) is 5.64. The molecule has 18 heavy (non-hydrogen) atoms. The Morgan fingerprint density at radius 1 is 1.33 bits per heavy atom. The summed E-state index contributed by atoms with van der Waals surface area (Å²) in [5.74, 6) is 1.07. The minimum absolute atomic E-state index is 0.131. The molecule has 3 heterocycles. The third kappa shape index (κ3) is 1.18. The van der Waals surface area contributed by atoms with Crippen LogP contribution in [0.3, 0.4) is 0 Å². The normalized spacial score (nSPS) is 34.3. The number of furan rings is 1. The highest BCUT2D eigenvalue weighted by Crippen LogP contribution is 2.49. The van der Waals surface area contributed by atoms with Gasteiger partial charge < -0.3 is 9.15 Å². The maximum absolute atomic E-state index is 12.1. The summed E-state index contributed by atoms with van der Waals surface area (Å²) in [5.41, 5.74) is 1.09. The van der Waals surface area contributed by atoms with E-state index < -0.39 is 0 Å². The summed E-state index contributed by atoms with van der Waals surface area (Å²) in [6.45, 7) is 0.563. The number of cyclic esters (lactones) is 1. The lowest BCUT2D eigenvalue weighted by molar-refractivity contribution is 0.0388. The molecule has 4 heteroatoms. The summed E-state index contributed by atoms with van der Waals surface area (Å²) < 4.78 is 10.9. The largest absolute Gasteiger partial charge is 0.469 e. The highest BCUT2D eigenvalue weighted by Gasteiger charge is 2.53. The third-order valence-corrected chi connectivity index (χ3v) is 4.79. The minimum Gasteiger partial charge on any atom is -0.469 e. The van der Waals surface area contributed by atoms with Gasteiger partial charge in [0.15, 0.2) is 0 Å². The average molecular weight is 247 g/mol. The molecule has 1 aliphatic carbocycles. The van der Waals surface area contributed by atoms with Gasteiger partial charge in [-0.05, 0) is 38.2 Å². The standard InChI is InChI=1S/C14H17NO3/c16-13-15-10(9-18-13)3-1-6-14(15)7-2-4-12-11(14)5-8-17-12/h5,8,10H,1-4,6-7,9H2/t10-,14+/m0/s1. The zero-order chi connectivity index (χ0) is 12.2. The van der Waals surface area contributed by atoms with Gasteiger partial charge in [-0.2, -0.15) is 0 Å². The Morgan fingerprint density at radius 3 is 3.17 bits per heavy atom. The van der Waals surface area contributed by atoms with Gasteiger partial charge in [-0.1, -0.05) is 0 Å². The van der Waals surface area contributed by atoms with Gasteiger partial charge in [0, 0.05) is 12.0 Å². The molecular formula is C14H17NO3. The highest BCUT2D eigenvalue weighted by molar-refractivity contribution is 5.72. The molecule has 1 amide bonds. The molecule has 0 N–H and O–H groups in total. The molecule has 0 radical (unpaired) electrons. The van der Waals surface area contributed by atoms with Crippen LogP contribution in [0, 0.1) is 0 Å². The van der Waals surface area contributed by atoms with E-state index in [1.807, 2.05) is 4.90 Å². The van der Waals surface area contributed by atoms with Crippen LogP contribution >= 0.6 is 0 Å². The van der Waals surface area contributed by atoms with Gasteiger partial charge >= 0.3 is 6.09 Å². The molecule has 2 atom stereocenters. The number of fused-ring (bicyclic) bond motifs is 4. The third-order valence-electron chi connectivity index (χ3n) is 4.79. The van der Waals surface area contributed by atoms with Gasteiger partial charge in [0.2, 0.25) is 0 Å². The van der Waals surface area contributed by atoms with E-state index in [1.54, 1.807) is 6.26 Å². The summed E-state index contributed by atoms with van der Waals surface area (Å²) in [7, 11) is 0. The molecule has 0 aromatic carbocycles. The summed E-state index contributed by atoms with van der Waals surface area (Å²) in [4.78, 5) is 14.1. The Bertz CT molecular complexity index is 495. The molecule has 1 aromatic heterocycles. The summed E-state index contributed by atoms with van der Waals surface area (Å²) in [6.07, 6.45) is 8.06. The quantitative estimate of drug-likeness (QED) is 0.708. The van der Waals surface area contributed by atoms with Crippen LogP contribution in [0.15, 0.2) is 16.7 Å². The van der Waals surface area contributed by atoms with E-state index in [4.69, 9.17) is 9.15 Å². The van der Waals surface area contributed by atoms with Crippen molar-refractivity contribution in [1.82, 2.24) is 4.90 Å². The number of hydrogen-bond donors (Lipinski definition) is 0. The number of rotatable bonds is 0. The molecule has 2 fully saturated rings. The number of carbonyl (C=O) groups excluding carboxylic acids is 1. The average Bonchev–Trinajstić information content (AvgIpc) is 2.98. The van der Waals surface area contributed by atoms with Gasteiger partial charge in [0.1, 0.15) is 12.4 Å². The summed E-state index contributed by atoms with van der Waals surface area (Å²) >= 11 is 0. The maximum Gasteiger partial charge on any atom is 0.410 e. The first-order valence-electron chi connectivity index (χ1n) is 6.84. The van der Waals surface area contributed by atoms with Crippen LogP contribution in [0.25, 0.3) is 0 Å².